The molecule has 0 bridgehead atoms. The molecule has 0 aromatic heterocycles. The van der Waals surface area contributed by atoms with Crippen molar-refractivity contribution in [3.05, 3.63) is 137 Å². The maximum Gasteiger partial charge on any atom is 0.163 e. The van der Waals surface area contributed by atoms with Gasteiger partial charge in [-0.3, -0.25) is 4.79 Å². The number of allylic oxidation sites excluding steroid dienone is 1. The van der Waals surface area contributed by atoms with Gasteiger partial charge >= 0.3 is 0 Å². The van der Waals surface area contributed by atoms with E-state index in [4.69, 9.17) is 0 Å². The Labute approximate surface area is 260 Å². The molecule has 0 radical (unpaired) electrons. The predicted octanol–water partition coefficient (Wildman–Crippen LogP) is 8.91. The molecular weight excluding hydrogens is 526 g/mol. The highest BCUT2D eigenvalue weighted by Gasteiger charge is 2.35. The Hall–Kier alpha value is -4.05. The van der Waals surface area contributed by atoms with Crippen LogP contribution < -0.4 is 5.32 Å². The number of nitrogens with zero attached hydrogens (tertiary/aromatic N) is 2. The van der Waals surface area contributed by atoms with Crippen LogP contribution in [-0.2, 0) is 11.2 Å². The molecule has 4 nitrogen and oxygen atoms in total. The van der Waals surface area contributed by atoms with Gasteiger partial charge in [-0.05, 0) is 54.9 Å². The van der Waals surface area contributed by atoms with E-state index in [9.17, 15) is 4.79 Å². The van der Waals surface area contributed by atoms with Crippen LogP contribution >= 0.6 is 0 Å². The molecule has 3 aromatic carbocycles. The fraction of sp³-hybridized carbons (Fsp3) is 0.359. The second-order valence-electron chi connectivity index (χ2n) is 11.7. The van der Waals surface area contributed by atoms with Crippen molar-refractivity contribution in [3.8, 4) is 0 Å². The van der Waals surface area contributed by atoms with Crippen LogP contribution in [0, 0.1) is 12.8 Å². The summed E-state index contributed by atoms with van der Waals surface area (Å²) in [6.45, 7) is 22.7. The number of benzene rings is 3. The number of nitrogens with one attached hydrogen (secondary N) is 1. The first kappa shape index (κ1) is 33.5. The smallest absolute Gasteiger partial charge is 0.163 e. The van der Waals surface area contributed by atoms with Crippen molar-refractivity contribution >= 4 is 11.5 Å². The summed E-state index contributed by atoms with van der Waals surface area (Å²) in [5.74, 6) is 1.34. The Bertz CT molecular complexity index is 1400. The summed E-state index contributed by atoms with van der Waals surface area (Å²) in [5, 5.41) is 3.42. The van der Waals surface area contributed by atoms with E-state index >= 15 is 0 Å². The molecule has 1 heterocycles. The Morgan fingerprint density at radius 3 is 2.23 bits per heavy atom. The molecule has 4 rings (SSSR count). The van der Waals surface area contributed by atoms with Crippen molar-refractivity contribution in [3.63, 3.8) is 0 Å². The van der Waals surface area contributed by atoms with E-state index in [2.05, 4.69) is 135 Å². The first-order chi connectivity index (χ1) is 20.6. The molecule has 1 N–H and O–H groups in total. The fourth-order valence-corrected chi connectivity index (χ4v) is 5.65. The van der Waals surface area contributed by atoms with Crippen molar-refractivity contribution in [2.75, 3.05) is 20.1 Å². The number of aryl methyl sites for hydroxylation is 1. The number of hydrogen-bond acceptors (Lipinski definition) is 4. The van der Waals surface area contributed by atoms with Crippen LogP contribution in [0.3, 0.4) is 0 Å². The zero-order valence-corrected chi connectivity index (χ0v) is 27.4. The topological polar surface area (TPSA) is 35.6 Å². The molecule has 0 aliphatic carbocycles. The molecule has 43 heavy (non-hydrogen) atoms. The second-order valence-corrected chi connectivity index (χ2v) is 11.7. The van der Waals surface area contributed by atoms with Crippen molar-refractivity contribution in [2.24, 2.45) is 5.92 Å². The Morgan fingerprint density at radius 2 is 1.60 bits per heavy atom. The third-order valence-electron chi connectivity index (χ3n) is 7.81. The average molecular weight is 578 g/mol. The van der Waals surface area contributed by atoms with Gasteiger partial charge in [-0.25, -0.2) is 0 Å². The molecule has 1 aliphatic heterocycles. The van der Waals surface area contributed by atoms with E-state index in [-0.39, 0.29) is 11.8 Å². The number of Topliss-reactive ketones (excluding diaryl/α,β-unsaturated/α-hetero) is 1. The minimum absolute atomic E-state index is 0.152. The van der Waals surface area contributed by atoms with E-state index in [0.717, 1.165) is 59.8 Å². The van der Waals surface area contributed by atoms with Crippen molar-refractivity contribution < 1.29 is 4.79 Å². The lowest BCUT2D eigenvalue weighted by atomic mass is 9.87. The monoisotopic (exact) mass is 577 g/mol. The zero-order chi connectivity index (χ0) is 31.5. The summed E-state index contributed by atoms with van der Waals surface area (Å²) in [5.41, 5.74) is 8.82. The van der Waals surface area contributed by atoms with Gasteiger partial charge in [-0.2, -0.15) is 0 Å². The first-order valence-electron chi connectivity index (χ1n) is 15.7. The van der Waals surface area contributed by atoms with Crippen LogP contribution in [0.15, 0.2) is 109 Å². The summed E-state index contributed by atoms with van der Waals surface area (Å²) in [4.78, 5) is 18.0. The molecule has 0 spiro atoms. The molecule has 0 amide bonds. The highest BCUT2D eigenvalue weighted by Crippen LogP contribution is 2.37. The molecule has 1 atom stereocenters. The minimum Gasteiger partial charge on any atom is -0.375 e. The third kappa shape index (κ3) is 8.97. The first-order valence-corrected chi connectivity index (χ1v) is 15.7. The normalized spacial score (nSPS) is 14.7. The standard InChI is InChI=1S/C37H45N3O.C2H6/c1-26(2)23-35(41)36-28(4)38-30(6)40(37(36)34-16-11-13-27(3)24-34)22-12-21-39(7)29(5)33-19-17-32(18-20-33)25-31-14-9-8-10-15-31;1-2/h8-11,13-20,24,26,37-38H,5-6,12,21-23,25H2,1-4,7H3;1-2H3. The Balaban J connectivity index is 0.00000248. The summed E-state index contributed by atoms with van der Waals surface area (Å²) >= 11 is 0. The quantitative estimate of drug-likeness (QED) is 0.233. The number of carbonyl (C=O) groups is 1. The number of ketones is 1. The average Bonchev–Trinajstić information content (AvgIpc) is 2.99. The molecule has 0 fully saturated rings. The molecular formula is C39H51N3O. The molecule has 1 unspecified atom stereocenters. The molecule has 0 saturated heterocycles. The highest BCUT2D eigenvalue weighted by molar-refractivity contribution is 5.97. The maximum absolute atomic E-state index is 13.5. The van der Waals surface area contributed by atoms with Crippen LogP contribution in [0.5, 0.6) is 0 Å². The second kappa shape index (κ2) is 16.0. The third-order valence-corrected chi connectivity index (χ3v) is 7.81. The minimum atomic E-state index is -0.152. The molecule has 3 aromatic rings. The van der Waals surface area contributed by atoms with Gasteiger partial charge in [0.15, 0.2) is 5.78 Å². The predicted molar refractivity (Wildman–Crippen MR) is 183 cm³/mol. The fourth-order valence-electron chi connectivity index (χ4n) is 5.65. The van der Waals surface area contributed by atoms with Gasteiger partial charge in [0.25, 0.3) is 0 Å². The zero-order valence-electron chi connectivity index (χ0n) is 27.4. The SMILES string of the molecule is C=C(c1ccc(Cc2ccccc2)cc1)N(C)CCCN1C(=C)NC(C)=C(C(=O)CC(C)C)C1c1cccc(C)c1.CC. The Kier molecular flexibility index (Phi) is 12.4. The largest absolute Gasteiger partial charge is 0.375 e. The highest BCUT2D eigenvalue weighted by atomic mass is 16.1. The van der Waals surface area contributed by atoms with Crippen LogP contribution in [0.1, 0.15) is 81.3 Å². The summed E-state index contributed by atoms with van der Waals surface area (Å²) in [7, 11) is 2.10. The van der Waals surface area contributed by atoms with Gasteiger partial charge in [0.05, 0.1) is 11.9 Å². The maximum atomic E-state index is 13.5. The van der Waals surface area contributed by atoms with Crippen LogP contribution in [0.2, 0.25) is 0 Å². The van der Waals surface area contributed by atoms with Crippen LogP contribution in [0.4, 0.5) is 0 Å². The van der Waals surface area contributed by atoms with Crippen molar-refractivity contribution in [1.29, 1.82) is 0 Å². The van der Waals surface area contributed by atoms with Gasteiger partial charge in [0.1, 0.15) is 0 Å². The molecule has 228 valence electrons. The van der Waals surface area contributed by atoms with Crippen LogP contribution in [-0.4, -0.2) is 35.7 Å². The molecule has 4 heteroatoms. The van der Waals surface area contributed by atoms with Crippen LogP contribution in [0.25, 0.3) is 5.70 Å². The Morgan fingerprint density at radius 1 is 0.953 bits per heavy atom. The molecule has 0 saturated carbocycles. The lowest BCUT2D eigenvalue weighted by Crippen LogP contribution is -2.43. The lowest BCUT2D eigenvalue weighted by Gasteiger charge is -2.42. The summed E-state index contributed by atoms with van der Waals surface area (Å²) in [6, 6.07) is 27.6. The van der Waals surface area contributed by atoms with Gasteiger partial charge in [-0.15, -0.1) is 0 Å². The van der Waals surface area contributed by atoms with E-state index in [0.29, 0.717) is 12.3 Å². The van der Waals surface area contributed by atoms with Gasteiger partial charge in [0.2, 0.25) is 0 Å². The van der Waals surface area contributed by atoms with Gasteiger partial charge in [-0.1, -0.05) is 125 Å². The van der Waals surface area contributed by atoms with E-state index < -0.39 is 0 Å². The summed E-state index contributed by atoms with van der Waals surface area (Å²) in [6.07, 6.45) is 2.36. The van der Waals surface area contributed by atoms with E-state index in [1.54, 1.807) is 0 Å². The number of rotatable bonds is 12. The summed E-state index contributed by atoms with van der Waals surface area (Å²) < 4.78 is 0. The number of carbonyl (C=O) groups excluding carboxylic acids is 1. The number of hydrogen-bond donors (Lipinski definition) is 1. The molecule has 1 aliphatic rings. The van der Waals surface area contributed by atoms with E-state index in [1.807, 2.05) is 20.8 Å². The van der Waals surface area contributed by atoms with Crippen molar-refractivity contribution in [2.45, 2.75) is 66.8 Å². The lowest BCUT2D eigenvalue weighted by molar-refractivity contribution is -0.117. The van der Waals surface area contributed by atoms with Crippen molar-refractivity contribution in [1.82, 2.24) is 15.1 Å². The van der Waals surface area contributed by atoms with E-state index in [1.165, 1.54) is 16.7 Å². The van der Waals surface area contributed by atoms with Gasteiger partial charge in [0, 0.05) is 43.5 Å². The van der Waals surface area contributed by atoms with Gasteiger partial charge < -0.3 is 15.1 Å².